The van der Waals surface area contributed by atoms with Crippen LogP contribution in [0.2, 0.25) is 0 Å². The van der Waals surface area contributed by atoms with Crippen molar-refractivity contribution < 1.29 is 46.9 Å². The summed E-state index contributed by atoms with van der Waals surface area (Å²) in [5.41, 5.74) is 2.35. The predicted molar refractivity (Wildman–Crippen MR) is 136 cm³/mol. The minimum atomic E-state index is -5.01. The number of hydrogen-bond donors (Lipinski definition) is 6. The SMILES string of the molecule is Nc1nc2c(ncn2[C@@]23CO[C@@H](COP(=O)(O)O[C@H]4C(Nc5ccncn5)CC[C@H]4COP(=O)(O)O2)[C@H]3O)c(=O)[nH]1. The first kappa shape index (κ1) is 28.3. The molecule has 8 atom stereocenters. The summed E-state index contributed by atoms with van der Waals surface area (Å²) in [5, 5.41) is 14.4. The van der Waals surface area contributed by atoms with E-state index < -0.39 is 77.0 Å². The molecule has 0 spiro atoms. The molecular weight excluding hydrogens is 590 g/mol. The summed E-state index contributed by atoms with van der Waals surface area (Å²) in [7, 11) is -9.79. The molecule has 3 aromatic heterocycles. The Hall–Kier alpha value is -2.83. The quantitative estimate of drug-likeness (QED) is 0.201. The first-order chi connectivity index (χ1) is 19.5. The van der Waals surface area contributed by atoms with Crippen molar-refractivity contribution in [2.75, 3.05) is 30.9 Å². The number of phosphoric ester groups is 2. The van der Waals surface area contributed by atoms with E-state index in [9.17, 15) is 28.8 Å². The number of H-pyrrole nitrogens is 1. The van der Waals surface area contributed by atoms with Crippen LogP contribution in [-0.4, -0.2) is 88.6 Å². The molecule has 0 aromatic carbocycles. The molecule has 3 aliphatic rings. The Morgan fingerprint density at radius 3 is 2.76 bits per heavy atom. The first-order valence-electron chi connectivity index (χ1n) is 12.4. The summed E-state index contributed by atoms with van der Waals surface area (Å²) < 4.78 is 54.6. The Kier molecular flexibility index (Phi) is 7.22. The van der Waals surface area contributed by atoms with Crippen LogP contribution >= 0.6 is 15.6 Å². The Balaban J connectivity index is 1.35. The Morgan fingerprint density at radius 1 is 1.17 bits per heavy atom. The molecule has 19 nitrogen and oxygen atoms in total. The monoisotopic (exact) mass is 616 g/mol. The van der Waals surface area contributed by atoms with Gasteiger partial charge >= 0.3 is 15.6 Å². The van der Waals surface area contributed by atoms with Crippen LogP contribution in [0.25, 0.3) is 11.2 Å². The van der Waals surface area contributed by atoms with Gasteiger partial charge in [0.25, 0.3) is 5.56 Å². The molecule has 3 aromatic rings. The van der Waals surface area contributed by atoms with Crippen molar-refractivity contribution in [1.29, 1.82) is 0 Å². The van der Waals surface area contributed by atoms with E-state index in [4.69, 9.17) is 28.6 Å². The lowest BCUT2D eigenvalue weighted by molar-refractivity contribution is -0.106. The van der Waals surface area contributed by atoms with Crippen molar-refractivity contribution >= 4 is 38.6 Å². The number of anilines is 2. The maximum Gasteiger partial charge on any atom is 0.474 e. The molecule has 2 saturated heterocycles. The minimum Gasteiger partial charge on any atom is -0.385 e. The van der Waals surface area contributed by atoms with E-state index in [2.05, 4.69) is 30.2 Å². The molecule has 2 aliphatic heterocycles. The van der Waals surface area contributed by atoms with Crippen LogP contribution in [0.5, 0.6) is 0 Å². The van der Waals surface area contributed by atoms with Gasteiger partial charge in [-0.3, -0.25) is 32.4 Å². The van der Waals surface area contributed by atoms with Gasteiger partial charge in [-0.25, -0.2) is 24.1 Å². The number of imidazole rings is 1. The Bertz CT molecular complexity index is 1590. The lowest BCUT2D eigenvalue weighted by Crippen LogP contribution is -2.48. The third kappa shape index (κ3) is 5.41. The summed E-state index contributed by atoms with van der Waals surface area (Å²) in [4.78, 5) is 52.0. The molecule has 1 aliphatic carbocycles. The number of nitrogens with zero attached hydrogens (tertiary/aromatic N) is 5. The van der Waals surface area contributed by atoms with E-state index in [1.165, 1.54) is 12.5 Å². The number of aromatic amines is 1. The van der Waals surface area contributed by atoms with Crippen LogP contribution in [0.4, 0.5) is 11.8 Å². The van der Waals surface area contributed by atoms with Gasteiger partial charge < -0.3 is 30.7 Å². The number of hydrogen-bond acceptors (Lipinski definition) is 15. The van der Waals surface area contributed by atoms with Gasteiger partial charge in [-0.2, -0.15) is 4.98 Å². The number of aromatic nitrogens is 6. The van der Waals surface area contributed by atoms with Gasteiger partial charge in [-0.1, -0.05) is 0 Å². The number of ether oxygens (including phenoxy) is 1. The van der Waals surface area contributed by atoms with Crippen LogP contribution in [0, 0.1) is 5.92 Å². The summed E-state index contributed by atoms with van der Waals surface area (Å²) >= 11 is 0. The van der Waals surface area contributed by atoms with E-state index in [0.29, 0.717) is 18.7 Å². The van der Waals surface area contributed by atoms with Gasteiger partial charge in [-0.05, 0) is 18.9 Å². The van der Waals surface area contributed by atoms with E-state index in [1.807, 2.05) is 0 Å². The fourth-order valence-corrected chi connectivity index (χ4v) is 7.35. The second kappa shape index (κ2) is 10.5. The van der Waals surface area contributed by atoms with Crippen molar-refractivity contribution in [2.45, 2.75) is 42.9 Å². The zero-order chi connectivity index (χ0) is 29.0. The number of aliphatic hydroxyl groups excluding tert-OH is 1. The highest BCUT2D eigenvalue weighted by Crippen LogP contribution is 2.55. The van der Waals surface area contributed by atoms with E-state index >= 15 is 0 Å². The van der Waals surface area contributed by atoms with Crippen LogP contribution in [-0.2, 0) is 37.7 Å². The molecular formula is C20H26N8O11P2. The molecule has 41 heavy (non-hydrogen) atoms. The maximum absolute atomic E-state index is 13.3. The highest BCUT2D eigenvalue weighted by Gasteiger charge is 2.57. The highest BCUT2D eigenvalue weighted by molar-refractivity contribution is 7.47. The topological polar surface area (TPSA) is 268 Å². The van der Waals surface area contributed by atoms with Crippen LogP contribution in [0.15, 0.2) is 29.7 Å². The van der Waals surface area contributed by atoms with Gasteiger partial charge in [-0.15, -0.1) is 0 Å². The van der Waals surface area contributed by atoms with Crippen LogP contribution in [0.1, 0.15) is 12.8 Å². The molecule has 21 heteroatoms. The smallest absolute Gasteiger partial charge is 0.385 e. The molecule has 1 saturated carbocycles. The highest BCUT2D eigenvalue weighted by atomic mass is 31.2. The molecule has 6 rings (SSSR count). The maximum atomic E-state index is 13.3. The summed E-state index contributed by atoms with van der Waals surface area (Å²) in [6.45, 7) is -1.71. The molecule has 7 N–H and O–H groups in total. The minimum absolute atomic E-state index is 0.189. The van der Waals surface area contributed by atoms with Crippen LogP contribution < -0.4 is 16.6 Å². The van der Waals surface area contributed by atoms with Gasteiger partial charge in [0.15, 0.2) is 11.2 Å². The van der Waals surface area contributed by atoms with Crippen molar-refractivity contribution in [2.24, 2.45) is 5.92 Å². The van der Waals surface area contributed by atoms with Gasteiger partial charge in [0.2, 0.25) is 11.7 Å². The molecule has 0 radical (unpaired) electrons. The molecule has 2 bridgehead atoms. The van der Waals surface area contributed by atoms with Gasteiger partial charge in [0, 0.05) is 12.1 Å². The van der Waals surface area contributed by atoms with Crippen molar-refractivity contribution in [3.05, 3.63) is 35.3 Å². The number of aliphatic hydroxyl groups is 1. The normalized spacial score (nSPS) is 38.1. The molecule has 3 unspecified atom stereocenters. The number of nitrogen functional groups attached to an aromatic ring is 1. The lowest BCUT2D eigenvalue weighted by atomic mass is 10.1. The second-order valence-electron chi connectivity index (χ2n) is 9.75. The zero-order valence-electron chi connectivity index (χ0n) is 21.0. The number of rotatable bonds is 3. The molecule has 222 valence electrons. The van der Waals surface area contributed by atoms with Crippen LogP contribution in [0.3, 0.4) is 0 Å². The fourth-order valence-electron chi connectivity index (χ4n) is 5.25. The predicted octanol–water partition coefficient (Wildman–Crippen LogP) is -0.556. The standard InChI is InChI=1S/C20H26N8O11P2/c21-19-26-17-14(18(30)27-19)24-9-28(17)20-7-35-12(16(20)29)6-37-40(31,32)38-15-10(5-36-41(33,34)39-20)1-2-11(15)25-13-3-4-22-8-23-13/h3-4,8-12,15-16,29H,1-2,5-7H2,(H,31,32)(H,33,34)(H,22,23,25)(H3,21,26,27,30)/t10-,11?,12-,15+,16+,20-/m0/s1. The Labute approximate surface area is 230 Å². The first-order valence-corrected chi connectivity index (χ1v) is 15.3. The number of nitrogens with one attached hydrogen (secondary N) is 2. The molecule has 3 fully saturated rings. The zero-order valence-corrected chi connectivity index (χ0v) is 22.8. The largest absolute Gasteiger partial charge is 0.474 e. The van der Waals surface area contributed by atoms with Crippen molar-refractivity contribution in [3.63, 3.8) is 0 Å². The number of phosphoric acid groups is 2. The molecule has 0 amide bonds. The van der Waals surface area contributed by atoms with Crippen molar-refractivity contribution in [3.8, 4) is 0 Å². The Morgan fingerprint density at radius 2 is 1.98 bits per heavy atom. The number of fused-ring (bicyclic) bond motifs is 4. The van der Waals surface area contributed by atoms with Crippen molar-refractivity contribution in [1.82, 2.24) is 29.5 Å². The fraction of sp³-hybridized carbons (Fsp3) is 0.550. The van der Waals surface area contributed by atoms with E-state index in [0.717, 1.165) is 10.9 Å². The third-order valence-electron chi connectivity index (χ3n) is 7.16. The summed E-state index contributed by atoms with van der Waals surface area (Å²) in [5.74, 6) is -0.524. The van der Waals surface area contributed by atoms with Gasteiger partial charge in [0.05, 0.1) is 38.3 Å². The summed E-state index contributed by atoms with van der Waals surface area (Å²) in [6, 6.07) is 1.04. The third-order valence-corrected chi connectivity index (χ3v) is 9.17. The average molecular weight is 616 g/mol. The number of nitrogens with two attached hydrogens (primary N) is 1. The second-order valence-corrected chi connectivity index (χ2v) is 12.5. The van der Waals surface area contributed by atoms with E-state index in [-0.39, 0.29) is 17.1 Å². The summed E-state index contributed by atoms with van der Waals surface area (Å²) in [6.07, 6.45) is 0.468. The molecule has 5 heterocycles. The van der Waals surface area contributed by atoms with E-state index in [1.54, 1.807) is 6.07 Å². The average Bonchev–Trinajstić information content (AvgIpc) is 3.59. The van der Waals surface area contributed by atoms with Gasteiger partial charge in [0.1, 0.15) is 24.4 Å². The lowest BCUT2D eigenvalue weighted by Gasteiger charge is -2.34.